The fourth-order valence-electron chi connectivity index (χ4n) is 0.542. The van der Waals surface area contributed by atoms with Crippen molar-refractivity contribution >= 4 is 11.8 Å². The van der Waals surface area contributed by atoms with Gasteiger partial charge in [0, 0.05) is 12.4 Å². The Morgan fingerprint density at radius 3 is 3.09 bits per heavy atom. The van der Waals surface area contributed by atoms with Crippen LogP contribution in [0.3, 0.4) is 0 Å². The second-order valence-corrected chi connectivity index (χ2v) is 2.75. The predicted octanol–water partition coefficient (Wildman–Crippen LogP) is 1.59. The lowest BCUT2D eigenvalue weighted by Gasteiger charge is -1.91. The SMILES string of the molecule is CC#CCSc1cnccn1. The molecule has 0 fully saturated rings. The summed E-state index contributed by atoms with van der Waals surface area (Å²) in [7, 11) is 0. The number of nitrogens with zero attached hydrogens (tertiary/aromatic N) is 2. The van der Waals surface area contributed by atoms with Crippen LogP contribution < -0.4 is 0 Å². The average Bonchev–Trinajstić information content (AvgIpc) is 2.07. The van der Waals surface area contributed by atoms with Gasteiger partial charge in [0.25, 0.3) is 0 Å². The summed E-state index contributed by atoms with van der Waals surface area (Å²) in [6.45, 7) is 1.83. The van der Waals surface area contributed by atoms with Crippen molar-refractivity contribution in [2.75, 3.05) is 5.75 Å². The molecule has 11 heavy (non-hydrogen) atoms. The highest BCUT2D eigenvalue weighted by Crippen LogP contribution is 2.10. The van der Waals surface area contributed by atoms with Crippen LogP contribution in [0.2, 0.25) is 0 Å². The molecule has 2 nitrogen and oxygen atoms in total. The molecule has 0 saturated heterocycles. The molecule has 0 aromatic carbocycles. The zero-order chi connectivity index (χ0) is 7.94. The van der Waals surface area contributed by atoms with Gasteiger partial charge in [-0.05, 0) is 6.92 Å². The molecule has 0 aliphatic carbocycles. The van der Waals surface area contributed by atoms with Crippen molar-refractivity contribution in [1.82, 2.24) is 9.97 Å². The average molecular weight is 164 g/mol. The summed E-state index contributed by atoms with van der Waals surface area (Å²) in [5.74, 6) is 6.55. The van der Waals surface area contributed by atoms with Crippen LogP contribution >= 0.6 is 11.8 Å². The van der Waals surface area contributed by atoms with Gasteiger partial charge in [-0.2, -0.15) is 0 Å². The van der Waals surface area contributed by atoms with Crippen LogP contribution in [0.4, 0.5) is 0 Å². The van der Waals surface area contributed by atoms with Crippen molar-refractivity contribution in [3.8, 4) is 11.8 Å². The molecule has 1 aromatic heterocycles. The molecule has 0 unspecified atom stereocenters. The molecule has 0 radical (unpaired) electrons. The third kappa shape index (κ3) is 3.06. The maximum absolute atomic E-state index is 4.08. The van der Waals surface area contributed by atoms with Crippen LogP contribution in [0.5, 0.6) is 0 Å². The Bertz CT molecular complexity index is 260. The Labute approximate surface area is 70.5 Å². The largest absolute Gasteiger partial charge is 0.260 e. The summed E-state index contributed by atoms with van der Waals surface area (Å²) in [5.41, 5.74) is 0. The molecule has 0 N–H and O–H groups in total. The second kappa shape index (κ2) is 4.75. The first-order chi connectivity index (χ1) is 5.43. The molecule has 0 bridgehead atoms. The first-order valence-electron chi connectivity index (χ1n) is 3.22. The Hall–Kier alpha value is -1.01. The molecule has 56 valence electrons. The van der Waals surface area contributed by atoms with Crippen molar-refractivity contribution < 1.29 is 0 Å². The number of aromatic nitrogens is 2. The standard InChI is InChI=1S/C8H8N2S/c1-2-3-6-11-8-7-9-4-5-10-8/h4-5,7H,6H2,1H3. The lowest BCUT2D eigenvalue weighted by Crippen LogP contribution is -1.80. The lowest BCUT2D eigenvalue weighted by atomic mass is 10.7. The fourth-order valence-corrected chi connectivity index (χ4v) is 1.18. The summed E-state index contributed by atoms with van der Waals surface area (Å²) < 4.78 is 0. The van der Waals surface area contributed by atoms with Gasteiger partial charge in [0.1, 0.15) is 5.03 Å². The number of rotatable bonds is 2. The minimum atomic E-state index is 0.787. The van der Waals surface area contributed by atoms with Gasteiger partial charge in [0.2, 0.25) is 0 Å². The second-order valence-electron chi connectivity index (χ2n) is 1.76. The van der Waals surface area contributed by atoms with E-state index in [1.165, 1.54) is 0 Å². The smallest absolute Gasteiger partial charge is 0.115 e. The monoisotopic (exact) mass is 164 g/mol. The van der Waals surface area contributed by atoms with Crippen LogP contribution in [0.15, 0.2) is 23.6 Å². The van der Waals surface area contributed by atoms with Gasteiger partial charge in [0.05, 0.1) is 11.9 Å². The molecular formula is C8H8N2S. The van der Waals surface area contributed by atoms with Crippen LogP contribution in [-0.4, -0.2) is 15.7 Å². The van der Waals surface area contributed by atoms with E-state index in [4.69, 9.17) is 0 Å². The molecule has 0 atom stereocenters. The molecule has 1 heterocycles. The molecule has 1 rings (SSSR count). The Morgan fingerprint density at radius 2 is 2.45 bits per heavy atom. The molecular weight excluding hydrogens is 156 g/mol. The van der Waals surface area contributed by atoms with Crippen molar-refractivity contribution in [1.29, 1.82) is 0 Å². The number of hydrogen-bond donors (Lipinski definition) is 0. The van der Waals surface area contributed by atoms with E-state index in [1.54, 1.807) is 30.4 Å². The van der Waals surface area contributed by atoms with E-state index >= 15 is 0 Å². The molecule has 0 amide bonds. The van der Waals surface area contributed by atoms with Gasteiger partial charge < -0.3 is 0 Å². The highest BCUT2D eigenvalue weighted by Gasteiger charge is 1.89. The fraction of sp³-hybridized carbons (Fsp3) is 0.250. The highest BCUT2D eigenvalue weighted by molar-refractivity contribution is 7.99. The Balaban J connectivity index is 2.43. The number of hydrogen-bond acceptors (Lipinski definition) is 3. The summed E-state index contributed by atoms with van der Waals surface area (Å²) in [5, 5.41) is 0.926. The van der Waals surface area contributed by atoms with Gasteiger partial charge in [-0.1, -0.05) is 17.7 Å². The van der Waals surface area contributed by atoms with Crippen molar-refractivity contribution in [3.05, 3.63) is 18.6 Å². The molecule has 0 spiro atoms. The maximum atomic E-state index is 4.08. The van der Waals surface area contributed by atoms with Gasteiger partial charge in [-0.25, -0.2) is 4.98 Å². The van der Waals surface area contributed by atoms with Crippen molar-refractivity contribution in [2.45, 2.75) is 11.9 Å². The first-order valence-corrected chi connectivity index (χ1v) is 4.20. The Kier molecular flexibility index (Phi) is 3.49. The zero-order valence-corrected chi connectivity index (χ0v) is 7.06. The van der Waals surface area contributed by atoms with Crippen LogP contribution in [-0.2, 0) is 0 Å². The molecule has 0 saturated carbocycles. The minimum absolute atomic E-state index is 0.787. The Morgan fingerprint density at radius 1 is 1.55 bits per heavy atom. The van der Waals surface area contributed by atoms with E-state index in [0.717, 1.165) is 10.8 Å². The third-order valence-corrected chi connectivity index (χ3v) is 1.80. The molecule has 0 aliphatic heterocycles. The first kappa shape index (κ1) is 8.09. The molecule has 3 heteroatoms. The predicted molar refractivity (Wildman–Crippen MR) is 46.2 cm³/mol. The van der Waals surface area contributed by atoms with Gasteiger partial charge in [-0.3, -0.25) is 4.98 Å². The van der Waals surface area contributed by atoms with E-state index in [1.807, 2.05) is 6.92 Å². The summed E-state index contributed by atoms with van der Waals surface area (Å²) >= 11 is 1.60. The maximum Gasteiger partial charge on any atom is 0.115 e. The van der Waals surface area contributed by atoms with E-state index in [0.29, 0.717) is 0 Å². The van der Waals surface area contributed by atoms with Crippen LogP contribution in [0, 0.1) is 11.8 Å². The van der Waals surface area contributed by atoms with Crippen molar-refractivity contribution in [3.63, 3.8) is 0 Å². The van der Waals surface area contributed by atoms with Gasteiger partial charge in [-0.15, -0.1) is 5.92 Å². The molecule has 0 aliphatic rings. The molecule has 1 aromatic rings. The van der Waals surface area contributed by atoms with Gasteiger partial charge in [0.15, 0.2) is 0 Å². The van der Waals surface area contributed by atoms with E-state index in [-0.39, 0.29) is 0 Å². The minimum Gasteiger partial charge on any atom is -0.260 e. The van der Waals surface area contributed by atoms with Crippen LogP contribution in [0.25, 0.3) is 0 Å². The number of thioether (sulfide) groups is 1. The summed E-state index contributed by atoms with van der Waals surface area (Å²) in [6, 6.07) is 0. The van der Waals surface area contributed by atoms with Crippen LogP contribution in [0.1, 0.15) is 6.92 Å². The topological polar surface area (TPSA) is 25.8 Å². The van der Waals surface area contributed by atoms with E-state index in [2.05, 4.69) is 21.8 Å². The van der Waals surface area contributed by atoms with Gasteiger partial charge >= 0.3 is 0 Å². The summed E-state index contributed by atoms with van der Waals surface area (Å²) in [6.07, 6.45) is 5.08. The normalized spacial score (nSPS) is 8.45. The zero-order valence-electron chi connectivity index (χ0n) is 6.24. The van der Waals surface area contributed by atoms with E-state index in [9.17, 15) is 0 Å². The third-order valence-electron chi connectivity index (χ3n) is 1.01. The van der Waals surface area contributed by atoms with E-state index < -0.39 is 0 Å². The quantitative estimate of drug-likeness (QED) is 0.490. The lowest BCUT2D eigenvalue weighted by molar-refractivity contribution is 1.06. The summed E-state index contributed by atoms with van der Waals surface area (Å²) in [4.78, 5) is 8.02. The van der Waals surface area contributed by atoms with Crippen molar-refractivity contribution in [2.24, 2.45) is 0 Å². The highest BCUT2D eigenvalue weighted by atomic mass is 32.2.